The van der Waals surface area contributed by atoms with Crippen LogP contribution >= 0.6 is 23.1 Å². The summed E-state index contributed by atoms with van der Waals surface area (Å²) in [7, 11) is 0. The number of hydrogen-bond donors (Lipinski definition) is 0. The van der Waals surface area contributed by atoms with Gasteiger partial charge in [0.15, 0.2) is 0 Å². The van der Waals surface area contributed by atoms with Crippen molar-refractivity contribution in [1.29, 1.82) is 5.26 Å². The molecule has 2 unspecified atom stereocenters. The Hall–Kier alpha value is -0.990. The molecule has 2 heterocycles. The first kappa shape index (κ1) is 12.5. The molecule has 0 N–H and O–H groups in total. The van der Waals surface area contributed by atoms with Gasteiger partial charge in [-0.2, -0.15) is 5.26 Å². The van der Waals surface area contributed by atoms with Crippen LogP contribution in [0.15, 0.2) is 17.5 Å². The normalized spacial score (nSPS) is 21.5. The predicted octanol–water partition coefficient (Wildman–Crippen LogP) is 2.67. The topological polar surface area (TPSA) is 44.1 Å². The van der Waals surface area contributed by atoms with Crippen molar-refractivity contribution >= 4 is 29.0 Å². The van der Waals surface area contributed by atoms with E-state index in [1.807, 2.05) is 29.3 Å². The molecular weight excluding hydrogens is 252 g/mol. The number of thiophene rings is 1. The summed E-state index contributed by atoms with van der Waals surface area (Å²) in [5, 5.41) is 11.4. The molecule has 1 aliphatic heterocycles. The molecule has 2 atom stereocenters. The van der Waals surface area contributed by atoms with Gasteiger partial charge in [-0.3, -0.25) is 4.79 Å². The minimum Gasteiger partial charge on any atom is -0.330 e. The van der Waals surface area contributed by atoms with E-state index in [0.29, 0.717) is 5.75 Å². The van der Waals surface area contributed by atoms with E-state index in [9.17, 15) is 10.1 Å². The third-order valence-corrected chi connectivity index (χ3v) is 5.12. The third kappa shape index (κ3) is 2.64. The molecule has 0 bridgehead atoms. The number of hydrogen-bond acceptors (Lipinski definition) is 4. The van der Waals surface area contributed by atoms with Gasteiger partial charge in [-0.05, 0) is 24.8 Å². The molecule has 5 heteroatoms. The Bertz CT molecular complexity index is 424. The first-order chi connectivity index (χ1) is 8.26. The molecule has 1 aromatic heterocycles. The van der Waals surface area contributed by atoms with Gasteiger partial charge in [0, 0.05) is 11.4 Å². The van der Waals surface area contributed by atoms with Crippen LogP contribution in [-0.4, -0.2) is 28.5 Å². The van der Waals surface area contributed by atoms with Crippen molar-refractivity contribution in [3.63, 3.8) is 0 Å². The van der Waals surface area contributed by atoms with Crippen LogP contribution in [0.1, 0.15) is 24.1 Å². The molecule has 0 aromatic carbocycles. The molecule has 3 nitrogen and oxygen atoms in total. The van der Waals surface area contributed by atoms with Gasteiger partial charge in [-0.15, -0.1) is 23.1 Å². The second kappa shape index (κ2) is 5.56. The maximum atomic E-state index is 11.6. The van der Waals surface area contributed by atoms with E-state index in [0.717, 1.165) is 17.8 Å². The Kier molecular flexibility index (Phi) is 4.08. The van der Waals surface area contributed by atoms with Crippen LogP contribution in [0.2, 0.25) is 0 Å². The van der Waals surface area contributed by atoms with Gasteiger partial charge >= 0.3 is 0 Å². The van der Waals surface area contributed by atoms with Gasteiger partial charge in [0.05, 0.1) is 23.1 Å². The summed E-state index contributed by atoms with van der Waals surface area (Å²) in [5.74, 6) is 0.666. The van der Waals surface area contributed by atoms with Crippen molar-refractivity contribution in [3.05, 3.63) is 22.4 Å². The second-order valence-electron chi connectivity index (χ2n) is 3.88. The molecule has 1 fully saturated rings. The Balaban J connectivity index is 2.05. The summed E-state index contributed by atoms with van der Waals surface area (Å²) >= 11 is 3.27. The summed E-state index contributed by atoms with van der Waals surface area (Å²) in [6.07, 6.45) is 0.737. The van der Waals surface area contributed by atoms with Crippen molar-refractivity contribution in [3.8, 4) is 6.07 Å². The Morgan fingerprint density at radius 1 is 1.71 bits per heavy atom. The van der Waals surface area contributed by atoms with E-state index in [4.69, 9.17) is 0 Å². The van der Waals surface area contributed by atoms with Gasteiger partial charge in [0.1, 0.15) is 0 Å². The third-order valence-electron chi connectivity index (χ3n) is 2.89. The minimum absolute atomic E-state index is 0.0903. The largest absolute Gasteiger partial charge is 0.330 e. The average Bonchev–Trinajstić information content (AvgIpc) is 2.95. The zero-order chi connectivity index (χ0) is 12.3. The standard InChI is InChI=1S/C12H14N2OS2/c1-2-14-11(15)8-17-12(14)6-9(7-13)10-4-3-5-16-10/h3-5,9,12H,2,6,8H2,1H3. The molecule has 1 aromatic rings. The predicted molar refractivity (Wildman–Crippen MR) is 70.9 cm³/mol. The first-order valence-corrected chi connectivity index (χ1v) is 7.53. The fourth-order valence-electron chi connectivity index (χ4n) is 2.00. The number of carbonyl (C=O) groups excluding carboxylic acids is 1. The zero-order valence-electron chi connectivity index (χ0n) is 9.63. The lowest BCUT2D eigenvalue weighted by atomic mass is 10.1. The van der Waals surface area contributed by atoms with Crippen molar-refractivity contribution in [1.82, 2.24) is 4.90 Å². The summed E-state index contributed by atoms with van der Waals surface area (Å²) in [5.41, 5.74) is 0. The fourth-order valence-corrected chi connectivity index (χ4v) is 4.06. The van der Waals surface area contributed by atoms with Crippen molar-refractivity contribution in [2.75, 3.05) is 12.3 Å². The van der Waals surface area contributed by atoms with Gasteiger partial charge in [-0.1, -0.05) is 6.07 Å². The molecule has 90 valence electrons. The highest BCUT2D eigenvalue weighted by Crippen LogP contribution is 2.34. The molecule has 2 rings (SSSR count). The van der Waals surface area contributed by atoms with Crippen LogP contribution in [0.3, 0.4) is 0 Å². The summed E-state index contributed by atoms with van der Waals surface area (Å²) in [6.45, 7) is 2.72. The second-order valence-corrected chi connectivity index (χ2v) is 6.02. The SMILES string of the molecule is CCN1C(=O)CSC1CC(C#N)c1cccs1. The molecule has 0 saturated carbocycles. The number of rotatable bonds is 4. The molecule has 1 amide bonds. The van der Waals surface area contributed by atoms with Crippen molar-refractivity contribution < 1.29 is 4.79 Å². The lowest BCUT2D eigenvalue weighted by Crippen LogP contribution is -2.33. The van der Waals surface area contributed by atoms with Gasteiger partial charge < -0.3 is 4.90 Å². The smallest absolute Gasteiger partial charge is 0.233 e. The fraction of sp³-hybridized carbons (Fsp3) is 0.500. The van der Waals surface area contributed by atoms with Crippen LogP contribution in [0, 0.1) is 11.3 Å². The molecule has 1 aliphatic rings. The van der Waals surface area contributed by atoms with Gasteiger partial charge in [0.25, 0.3) is 0 Å². The quantitative estimate of drug-likeness (QED) is 0.841. The van der Waals surface area contributed by atoms with Gasteiger partial charge in [0.2, 0.25) is 5.91 Å². The maximum absolute atomic E-state index is 11.6. The van der Waals surface area contributed by atoms with Crippen LogP contribution in [0.4, 0.5) is 0 Å². The lowest BCUT2D eigenvalue weighted by Gasteiger charge is -2.23. The average molecular weight is 266 g/mol. The number of nitriles is 1. The number of carbonyl (C=O) groups is 1. The first-order valence-electron chi connectivity index (χ1n) is 5.60. The van der Waals surface area contributed by atoms with Crippen LogP contribution in [0.5, 0.6) is 0 Å². The molecule has 1 saturated heterocycles. The highest BCUT2D eigenvalue weighted by molar-refractivity contribution is 8.00. The van der Waals surface area contributed by atoms with E-state index in [1.54, 1.807) is 23.1 Å². The zero-order valence-corrected chi connectivity index (χ0v) is 11.3. The maximum Gasteiger partial charge on any atom is 0.233 e. The summed E-state index contributed by atoms with van der Waals surface area (Å²) in [6, 6.07) is 6.31. The highest BCUT2D eigenvalue weighted by Gasteiger charge is 2.32. The van der Waals surface area contributed by atoms with Crippen LogP contribution in [0.25, 0.3) is 0 Å². The monoisotopic (exact) mass is 266 g/mol. The minimum atomic E-state index is -0.0903. The van der Waals surface area contributed by atoms with Crippen molar-refractivity contribution in [2.24, 2.45) is 0 Å². The summed E-state index contributed by atoms with van der Waals surface area (Å²) in [4.78, 5) is 14.6. The summed E-state index contributed by atoms with van der Waals surface area (Å²) < 4.78 is 0. The molecule has 0 aliphatic carbocycles. The van der Waals surface area contributed by atoms with E-state index in [-0.39, 0.29) is 17.2 Å². The van der Waals surface area contributed by atoms with Crippen LogP contribution < -0.4 is 0 Å². The van der Waals surface area contributed by atoms with Gasteiger partial charge in [-0.25, -0.2) is 0 Å². The Morgan fingerprint density at radius 3 is 3.12 bits per heavy atom. The van der Waals surface area contributed by atoms with Crippen molar-refractivity contribution in [2.45, 2.75) is 24.6 Å². The molecule has 0 radical (unpaired) electrons. The number of nitrogens with zero attached hydrogens (tertiary/aromatic N) is 2. The van der Waals surface area contributed by atoms with E-state index in [1.165, 1.54) is 0 Å². The lowest BCUT2D eigenvalue weighted by molar-refractivity contribution is -0.127. The molecule has 0 spiro atoms. The van der Waals surface area contributed by atoms with E-state index >= 15 is 0 Å². The van der Waals surface area contributed by atoms with E-state index < -0.39 is 0 Å². The van der Waals surface area contributed by atoms with E-state index in [2.05, 4.69) is 6.07 Å². The highest BCUT2D eigenvalue weighted by atomic mass is 32.2. The van der Waals surface area contributed by atoms with Crippen LogP contribution in [-0.2, 0) is 4.79 Å². The molecular formula is C12H14N2OS2. The Morgan fingerprint density at radius 2 is 2.53 bits per heavy atom. The molecule has 17 heavy (non-hydrogen) atoms. The Labute approximate surface area is 109 Å². The number of amides is 1. The number of thioether (sulfide) groups is 1.